The van der Waals surface area contributed by atoms with Crippen LogP contribution in [0.25, 0.3) is 11.1 Å². The van der Waals surface area contributed by atoms with Crippen molar-refractivity contribution in [3.8, 4) is 0 Å². The Hall–Kier alpha value is -3.72. The molecular weight excluding hydrogens is 450 g/mol. The van der Waals surface area contributed by atoms with Gasteiger partial charge in [-0.15, -0.1) is 0 Å². The van der Waals surface area contributed by atoms with Crippen molar-refractivity contribution in [2.24, 2.45) is 13.0 Å². The van der Waals surface area contributed by atoms with E-state index in [2.05, 4.69) is 0 Å². The summed E-state index contributed by atoms with van der Waals surface area (Å²) in [7, 11) is 1.55. The summed E-state index contributed by atoms with van der Waals surface area (Å²) in [6.45, 7) is 0. The molecule has 2 atom stereocenters. The molecule has 33 heavy (non-hydrogen) atoms. The van der Waals surface area contributed by atoms with E-state index in [1.807, 2.05) is 6.07 Å². The lowest BCUT2D eigenvalue weighted by molar-refractivity contribution is -0.346. The molecule has 1 aliphatic carbocycles. The number of hydrogen-bond donors (Lipinski definition) is 1. The highest BCUT2D eigenvalue weighted by molar-refractivity contribution is 6.31. The quantitative estimate of drug-likeness (QED) is 0.466. The summed E-state index contributed by atoms with van der Waals surface area (Å²) >= 11 is 6.36. The molecular formula is C23H19ClN3O6+. The average Bonchev–Trinajstić information content (AvgIpc) is 3.07. The Labute approximate surface area is 192 Å². The molecule has 0 bridgehead atoms. The van der Waals surface area contributed by atoms with Gasteiger partial charge in [-0.2, -0.15) is 14.3 Å². The van der Waals surface area contributed by atoms with Gasteiger partial charge in [0.2, 0.25) is 5.92 Å². The van der Waals surface area contributed by atoms with E-state index in [9.17, 15) is 24.3 Å². The average molecular weight is 469 g/mol. The number of aromatic nitrogens is 1. The molecule has 3 amide bonds. The van der Waals surface area contributed by atoms with E-state index >= 15 is 0 Å². The number of nitrogens with zero attached hydrogens (tertiary/aromatic N) is 3. The van der Waals surface area contributed by atoms with Crippen LogP contribution in [0, 0.1) is 5.92 Å². The molecule has 168 valence electrons. The maximum Gasteiger partial charge on any atom is 0.506 e. The Morgan fingerprint density at radius 2 is 2.00 bits per heavy atom. The van der Waals surface area contributed by atoms with Crippen molar-refractivity contribution in [3.63, 3.8) is 0 Å². The number of oxazole rings is 1. The number of rotatable bonds is 3. The molecule has 2 aromatic carbocycles. The molecule has 10 heteroatoms. The molecule has 2 aliphatic rings. The second kappa shape index (κ2) is 7.70. The van der Waals surface area contributed by atoms with Crippen molar-refractivity contribution in [3.05, 3.63) is 63.1 Å². The van der Waals surface area contributed by atoms with Crippen LogP contribution in [-0.2, 0) is 23.1 Å². The second-order valence-corrected chi connectivity index (χ2v) is 8.53. The number of halogens is 1. The molecule has 1 aliphatic heterocycles. The maximum atomic E-state index is 13.6. The van der Waals surface area contributed by atoms with Gasteiger partial charge in [0, 0.05) is 23.7 Å². The number of amides is 3. The van der Waals surface area contributed by atoms with Crippen molar-refractivity contribution in [2.75, 3.05) is 0 Å². The minimum absolute atomic E-state index is 0.242. The van der Waals surface area contributed by atoms with E-state index in [1.165, 1.54) is 10.6 Å². The number of carboxylic acids is 1. The first-order valence-electron chi connectivity index (χ1n) is 10.4. The van der Waals surface area contributed by atoms with Crippen LogP contribution in [0.1, 0.15) is 30.0 Å². The summed E-state index contributed by atoms with van der Waals surface area (Å²) in [5.41, 5.74) is 2.65. The first-order valence-corrected chi connectivity index (χ1v) is 10.8. The zero-order chi connectivity index (χ0) is 23.4. The van der Waals surface area contributed by atoms with Crippen LogP contribution in [0.2, 0.25) is 5.02 Å². The Bertz CT molecular complexity index is 1440. The molecule has 5 rings (SSSR count). The monoisotopic (exact) mass is 468 g/mol. The summed E-state index contributed by atoms with van der Waals surface area (Å²) in [5, 5.41) is 10.3. The molecule has 1 N–H and O–H groups in total. The topological polar surface area (TPSA) is 113 Å². The molecule has 1 aromatic heterocycles. The van der Waals surface area contributed by atoms with Gasteiger partial charge in [-0.05, 0) is 43.0 Å². The summed E-state index contributed by atoms with van der Waals surface area (Å²) < 4.78 is 7.66. The van der Waals surface area contributed by atoms with Crippen molar-refractivity contribution in [1.82, 2.24) is 9.47 Å². The van der Waals surface area contributed by atoms with Gasteiger partial charge in [0.05, 0.1) is 5.52 Å². The van der Waals surface area contributed by atoms with Crippen LogP contribution in [0.15, 0.2) is 45.6 Å². The van der Waals surface area contributed by atoms with Gasteiger partial charge in [-0.3, -0.25) is 9.36 Å². The Morgan fingerprint density at radius 1 is 1.21 bits per heavy atom. The molecule has 2 unspecified atom stereocenters. The van der Waals surface area contributed by atoms with Gasteiger partial charge < -0.3 is 9.52 Å². The third kappa shape index (κ3) is 3.27. The lowest BCUT2D eigenvalue weighted by Crippen LogP contribution is -2.53. The van der Waals surface area contributed by atoms with E-state index in [1.54, 1.807) is 31.3 Å². The number of aliphatic carboxylic acids is 1. The van der Waals surface area contributed by atoms with E-state index in [-0.39, 0.29) is 11.3 Å². The van der Waals surface area contributed by atoms with Crippen LogP contribution in [-0.4, -0.2) is 43.3 Å². The van der Waals surface area contributed by atoms with Gasteiger partial charge in [0.25, 0.3) is 0 Å². The van der Waals surface area contributed by atoms with E-state index in [0.717, 1.165) is 26.8 Å². The van der Waals surface area contributed by atoms with E-state index < -0.39 is 35.6 Å². The third-order valence-electron chi connectivity index (χ3n) is 6.26. The molecule has 2 heterocycles. The molecule has 0 spiro atoms. The van der Waals surface area contributed by atoms with Crippen molar-refractivity contribution < 1.29 is 28.5 Å². The predicted octanol–water partition coefficient (Wildman–Crippen LogP) is 3.24. The lowest BCUT2D eigenvalue weighted by atomic mass is 9.86. The Morgan fingerprint density at radius 3 is 2.76 bits per heavy atom. The zero-order valence-corrected chi connectivity index (χ0v) is 18.3. The fourth-order valence-corrected chi connectivity index (χ4v) is 4.89. The highest BCUT2D eigenvalue weighted by Gasteiger charge is 2.51. The molecule has 9 nitrogen and oxygen atoms in total. The van der Waals surface area contributed by atoms with Crippen LogP contribution < -0.4 is 5.76 Å². The van der Waals surface area contributed by atoms with Gasteiger partial charge >= 0.3 is 23.7 Å². The van der Waals surface area contributed by atoms with Crippen molar-refractivity contribution >= 4 is 52.5 Å². The van der Waals surface area contributed by atoms with Gasteiger partial charge in [0.15, 0.2) is 5.58 Å². The van der Waals surface area contributed by atoms with Crippen LogP contribution in [0.4, 0.5) is 10.5 Å². The van der Waals surface area contributed by atoms with Gasteiger partial charge in [-0.25, -0.2) is 9.59 Å². The minimum atomic E-state index is -1.55. The lowest BCUT2D eigenvalue weighted by Gasteiger charge is -2.32. The summed E-state index contributed by atoms with van der Waals surface area (Å²) in [6, 6.07) is 8.66. The highest BCUT2D eigenvalue weighted by atomic mass is 35.5. The minimum Gasteiger partial charge on any atom is -0.480 e. The SMILES string of the molecule is Cn1c(=O)oc2cc([N+]3=CC(C(=O)O)C(=O)N(C4CCCc5c(Cl)cccc54)C3=O)ccc21. The number of aryl methyl sites for hydroxylation is 1. The molecule has 0 saturated carbocycles. The molecule has 3 aromatic rings. The number of urea groups is 1. The Kier molecular flexibility index (Phi) is 4.93. The molecule has 0 radical (unpaired) electrons. The number of carbonyl (C=O) groups excluding carboxylic acids is 2. The molecule has 0 fully saturated rings. The predicted molar refractivity (Wildman–Crippen MR) is 118 cm³/mol. The normalized spacial score (nSPS) is 20.7. The van der Waals surface area contributed by atoms with E-state index in [0.29, 0.717) is 29.8 Å². The summed E-state index contributed by atoms with van der Waals surface area (Å²) in [6.07, 6.45) is 3.00. The van der Waals surface area contributed by atoms with E-state index in [4.69, 9.17) is 16.0 Å². The second-order valence-electron chi connectivity index (χ2n) is 8.12. The first-order chi connectivity index (χ1) is 15.8. The van der Waals surface area contributed by atoms with Crippen LogP contribution in [0.3, 0.4) is 0 Å². The summed E-state index contributed by atoms with van der Waals surface area (Å²) in [5.74, 6) is -4.27. The van der Waals surface area contributed by atoms with Crippen molar-refractivity contribution in [1.29, 1.82) is 0 Å². The third-order valence-corrected chi connectivity index (χ3v) is 6.62. The maximum absolute atomic E-state index is 13.6. The van der Waals surface area contributed by atoms with Gasteiger partial charge in [-0.1, -0.05) is 23.7 Å². The van der Waals surface area contributed by atoms with Crippen molar-refractivity contribution in [2.45, 2.75) is 25.3 Å². The largest absolute Gasteiger partial charge is 0.506 e. The smallest absolute Gasteiger partial charge is 0.480 e. The van der Waals surface area contributed by atoms with Crippen LogP contribution >= 0.6 is 11.6 Å². The number of fused-ring (bicyclic) bond motifs is 2. The van der Waals surface area contributed by atoms with Crippen LogP contribution in [0.5, 0.6) is 0 Å². The van der Waals surface area contributed by atoms with Gasteiger partial charge in [0.1, 0.15) is 17.9 Å². The summed E-state index contributed by atoms with van der Waals surface area (Å²) in [4.78, 5) is 51.6. The fourth-order valence-electron chi connectivity index (χ4n) is 4.61. The number of carbonyl (C=O) groups is 3. The first kappa shape index (κ1) is 21.1. The number of imide groups is 1. The fraction of sp³-hybridized carbons (Fsp3) is 0.261. The highest BCUT2D eigenvalue weighted by Crippen LogP contribution is 2.39. The molecule has 0 saturated heterocycles. The number of carboxylic acid groups (broad SMARTS) is 1. The zero-order valence-electron chi connectivity index (χ0n) is 17.5. The number of hydrogen-bond acceptors (Lipinski definition) is 5. The standard InChI is InChI=1S/C23H18ClN3O6/c1-25-18-9-8-12(10-19(18)33-23(25)32)26-11-15(21(29)30)20(28)27(22(26)31)17-7-3-4-13-14(17)5-2-6-16(13)24/h2,5-6,8-11,15,17H,3-4,7H2,1H3/p+1. The Balaban J connectivity index is 1.64. The number of benzene rings is 2.